The van der Waals surface area contributed by atoms with Gasteiger partial charge in [0.15, 0.2) is 0 Å². The van der Waals surface area contributed by atoms with Gasteiger partial charge >= 0.3 is 0 Å². The minimum atomic E-state index is -0.453. The van der Waals surface area contributed by atoms with E-state index in [1.54, 1.807) is 18.2 Å². The number of anilines is 1. The molecule has 0 saturated carbocycles. The average molecular weight is 292 g/mol. The van der Waals surface area contributed by atoms with Gasteiger partial charge < -0.3 is 5.73 Å². The predicted molar refractivity (Wildman–Crippen MR) is 85.6 cm³/mol. The normalized spacial score (nSPS) is 11.1. The lowest BCUT2D eigenvalue weighted by Crippen LogP contribution is -1.86. The monoisotopic (exact) mass is 292 g/mol. The predicted octanol–water partition coefficient (Wildman–Crippen LogP) is 4.75. The Morgan fingerprint density at radius 3 is 2.32 bits per heavy atom. The number of nitrogens with zero attached hydrogens (tertiary/aromatic N) is 3. The molecule has 0 aliphatic carbocycles. The number of benzene rings is 3. The molecular formula is C16H12N4O2. The maximum Gasteiger partial charge on any atom is 0.269 e. The van der Waals surface area contributed by atoms with Gasteiger partial charge in [0, 0.05) is 23.2 Å². The van der Waals surface area contributed by atoms with E-state index in [-0.39, 0.29) is 5.69 Å². The number of azo groups is 1. The zero-order valence-electron chi connectivity index (χ0n) is 11.5. The molecular weight excluding hydrogens is 280 g/mol. The lowest BCUT2D eigenvalue weighted by atomic mass is 10.1. The van der Waals surface area contributed by atoms with Gasteiger partial charge in [-0.15, -0.1) is 0 Å². The molecule has 0 aliphatic heterocycles. The number of hydrogen-bond donors (Lipinski definition) is 1. The number of hydrogen-bond acceptors (Lipinski definition) is 5. The summed E-state index contributed by atoms with van der Waals surface area (Å²) in [6.07, 6.45) is 0. The van der Waals surface area contributed by atoms with Gasteiger partial charge in [0.2, 0.25) is 0 Å². The van der Waals surface area contributed by atoms with Crippen LogP contribution in [0.1, 0.15) is 0 Å². The fourth-order valence-electron chi connectivity index (χ4n) is 2.14. The first-order chi connectivity index (χ1) is 10.6. The second kappa shape index (κ2) is 5.61. The van der Waals surface area contributed by atoms with Crippen LogP contribution in [0.15, 0.2) is 70.9 Å². The molecule has 2 N–H and O–H groups in total. The molecule has 0 aromatic heterocycles. The van der Waals surface area contributed by atoms with Crippen molar-refractivity contribution < 1.29 is 4.92 Å². The highest BCUT2D eigenvalue weighted by Gasteiger charge is 2.04. The molecule has 3 aromatic rings. The van der Waals surface area contributed by atoms with E-state index in [0.29, 0.717) is 17.1 Å². The maximum absolute atomic E-state index is 10.6. The number of nitro groups is 1. The maximum atomic E-state index is 10.6. The number of non-ortho nitro benzene ring substituents is 1. The second-order valence-electron chi connectivity index (χ2n) is 4.73. The Kier molecular flexibility index (Phi) is 3.49. The van der Waals surface area contributed by atoms with E-state index >= 15 is 0 Å². The topological polar surface area (TPSA) is 93.9 Å². The van der Waals surface area contributed by atoms with Crippen molar-refractivity contribution in [3.05, 3.63) is 70.8 Å². The number of nitrogens with two attached hydrogens (primary N) is 1. The van der Waals surface area contributed by atoms with E-state index in [9.17, 15) is 10.1 Å². The van der Waals surface area contributed by atoms with Crippen LogP contribution >= 0.6 is 0 Å². The first kappa shape index (κ1) is 13.7. The van der Waals surface area contributed by atoms with Crippen molar-refractivity contribution in [2.24, 2.45) is 10.2 Å². The van der Waals surface area contributed by atoms with Crippen LogP contribution in [-0.2, 0) is 0 Å². The summed E-state index contributed by atoms with van der Waals surface area (Å²) in [6.45, 7) is 0. The van der Waals surface area contributed by atoms with E-state index in [1.807, 2.05) is 30.3 Å². The molecule has 3 rings (SSSR count). The van der Waals surface area contributed by atoms with Crippen LogP contribution in [0, 0.1) is 10.1 Å². The standard InChI is InChI=1S/C16H12N4O2/c17-16-10-13(9-11-3-1-2-4-15(11)16)19-18-12-5-7-14(8-6-12)20(21)22/h1-10H,17H2. The summed E-state index contributed by atoms with van der Waals surface area (Å²) in [4.78, 5) is 10.1. The second-order valence-corrected chi connectivity index (χ2v) is 4.73. The highest BCUT2D eigenvalue weighted by atomic mass is 16.6. The van der Waals surface area contributed by atoms with Gasteiger partial charge in [-0.25, -0.2) is 0 Å². The minimum Gasteiger partial charge on any atom is -0.398 e. The number of nitrogen functional groups attached to an aromatic ring is 1. The van der Waals surface area contributed by atoms with Crippen LogP contribution in [0.3, 0.4) is 0 Å². The minimum absolute atomic E-state index is 0.0221. The third kappa shape index (κ3) is 2.76. The van der Waals surface area contributed by atoms with Gasteiger partial charge in [0.1, 0.15) is 0 Å². The van der Waals surface area contributed by atoms with Crippen molar-refractivity contribution in [1.82, 2.24) is 0 Å². The Bertz CT molecular complexity index is 873. The Morgan fingerprint density at radius 1 is 0.909 bits per heavy atom. The van der Waals surface area contributed by atoms with Crippen molar-refractivity contribution in [3.63, 3.8) is 0 Å². The number of rotatable bonds is 3. The Morgan fingerprint density at radius 2 is 1.59 bits per heavy atom. The number of nitro benzene ring substituents is 1. The Balaban J connectivity index is 1.90. The Hall–Kier alpha value is -3.28. The van der Waals surface area contributed by atoms with Crippen molar-refractivity contribution >= 4 is 33.5 Å². The molecule has 0 unspecified atom stereocenters. The zero-order valence-corrected chi connectivity index (χ0v) is 11.5. The SMILES string of the molecule is Nc1cc(N=Nc2ccc([N+](=O)[O-])cc2)cc2ccccc12. The molecule has 0 radical (unpaired) electrons. The van der Waals surface area contributed by atoms with Gasteiger partial charge in [0.05, 0.1) is 16.3 Å². The molecule has 0 saturated heterocycles. The summed E-state index contributed by atoms with van der Waals surface area (Å²) in [5, 5.41) is 20.8. The first-order valence-electron chi connectivity index (χ1n) is 6.58. The molecule has 0 amide bonds. The molecule has 6 nitrogen and oxygen atoms in total. The van der Waals surface area contributed by atoms with Crippen LogP contribution in [-0.4, -0.2) is 4.92 Å². The molecule has 0 bridgehead atoms. The largest absolute Gasteiger partial charge is 0.398 e. The molecule has 108 valence electrons. The molecule has 22 heavy (non-hydrogen) atoms. The fraction of sp³-hybridized carbons (Fsp3) is 0. The molecule has 0 fully saturated rings. The van der Waals surface area contributed by atoms with Crippen LogP contribution in [0.25, 0.3) is 10.8 Å². The van der Waals surface area contributed by atoms with E-state index in [2.05, 4.69) is 10.2 Å². The molecule has 0 heterocycles. The number of fused-ring (bicyclic) bond motifs is 1. The first-order valence-corrected chi connectivity index (χ1v) is 6.58. The van der Waals surface area contributed by atoms with Crippen LogP contribution < -0.4 is 5.73 Å². The van der Waals surface area contributed by atoms with Crippen molar-refractivity contribution in [3.8, 4) is 0 Å². The highest BCUT2D eigenvalue weighted by Crippen LogP contribution is 2.28. The van der Waals surface area contributed by atoms with Crippen molar-refractivity contribution in [2.45, 2.75) is 0 Å². The van der Waals surface area contributed by atoms with Gasteiger partial charge in [-0.3, -0.25) is 10.1 Å². The quantitative estimate of drug-likeness (QED) is 0.327. The van der Waals surface area contributed by atoms with E-state index < -0.39 is 4.92 Å². The fourth-order valence-corrected chi connectivity index (χ4v) is 2.14. The molecule has 3 aromatic carbocycles. The van der Waals surface area contributed by atoms with Crippen molar-refractivity contribution in [2.75, 3.05) is 5.73 Å². The average Bonchev–Trinajstić information content (AvgIpc) is 2.53. The molecule has 6 heteroatoms. The molecule has 0 spiro atoms. The summed E-state index contributed by atoms with van der Waals surface area (Å²) < 4.78 is 0. The lowest BCUT2D eigenvalue weighted by molar-refractivity contribution is -0.384. The lowest BCUT2D eigenvalue weighted by Gasteiger charge is -2.03. The summed E-state index contributed by atoms with van der Waals surface area (Å²) >= 11 is 0. The van der Waals surface area contributed by atoms with Gasteiger partial charge in [-0.1, -0.05) is 24.3 Å². The van der Waals surface area contributed by atoms with Gasteiger partial charge in [-0.05, 0) is 29.7 Å². The van der Waals surface area contributed by atoms with Crippen molar-refractivity contribution in [1.29, 1.82) is 0 Å². The zero-order chi connectivity index (χ0) is 15.5. The van der Waals surface area contributed by atoms with Gasteiger partial charge in [-0.2, -0.15) is 10.2 Å². The third-order valence-corrected chi connectivity index (χ3v) is 3.22. The summed E-state index contributed by atoms with van der Waals surface area (Å²) in [5.74, 6) is 0. The summed E-state index contributed by atoms with van der Waals surface area (Å²) in [5.41, 5.74) is 7.83. The van der Waals surface area contributed by atoms with Crippen LogP contribution in [0.2, 0.25) is 0 Å². The highest BCUT2D eigenvalue weighted by molar-refractivity contribution is 5.95. The van der Waals surface area contributed by atoms with E-state index in [4.69, 9.17) is 5.73 Å². The van der Waals surface area contributed by atoms with E-state index in [0.717, 1.165) is 10.8 Å². The van der Waals surface area contributed by atoms with E-state index in [1.165, 1.54) is 12.1 Å². The van der Waals surface area contributed by atoms with Crippen LogP contribution in [0.5, 0.6) is 0 Å². The summed E-state index contributed by atoms with van der Waals surface area (Å²) in [7, 11) is 0. The van der Waals surface area contributed by atoms with Gasteiger partial charge in [0.25, 0.3) is 5.69 Å². The van der Waals surface area contributed by atoms with Crippen LogP contribution in [0.4, 0.5) is 22.7 Å². The molecule has 0 atom stereocenters. The molecule has 0 aliphatic rings. The summed E-state index contributed by atoms with van der Waals surface area (Å²) in [6, 6.07) is 17.3. The smallest absolute Gasteiger partial charge is 0.269 e. The Labute approximate surface area is 126 Å². The third-order valence-electron chi connectivity index (χ3n) is 3.22.